The SMILES string of the molecule is Nc1ccc2c3c(cnc2c1C(=O)O)OCC3. The van der Waals surface area contributed by atoms with Crippen molar-refractivity contribution in [3.05, 3.63) is 29.5 Å². The standard InChI is InChI=1S/C12H10N2O3/c13-8-2-1-7-6-3-4-17-9(6)5-14-11(7)10(8)12(15)16/h1-2,5H,3-4,13H2,(H,15,16). The number of nitrogens with two attached hydrogens (primary N) is 1. The van der Waals surface area contributed by atoms with E-state index < -0.39 is 5.97 Å². The summed E-state index contributed by atoms with van der Waals surface area (Å²) in [5, 5.41) is 9.97. The molecule has 0 atom stereocenters. The summed E-state index contributed by atoms with van der Waals surface area (Å²) >= 11 is 0. The van der Waals surface area contributed by atoms with E-state index in [-0.39, 0.29) is 11.3 Å². The molecule has 0 aliphatic carbocycles. The van der Waals surface area contributed by atoms with Gasteiger partial charge in [-0.1, -0.05) is 6.07 Å². The van der Waals surface area contributed by atoms with Crippen molar-refractivity contribution in [2.45, 2.75) is 6.42 Å². The summed E-state index contributed by atoms with van der Waals surface area (Å²) in [6.07, 6.45) is 2.34. The predicted molar refractivity (Wildman–Crippen MR) is 62.3 cm³/mol. The van der Waals surface area contributed by atoms with Crippen LogP contribution >= 0.6 is 0 Å². The molecule has 3 N–H and O–H groups in total. The van der Waals surface area contributed by atoms with Gasteiger partial charge in [0, 0.05) is 23.1 Å². The number of nitrogens with zero attached hydrogens (tertiary/aromatic N) is 1. The highest BCUT2D eigenvalue weighted by molar-refractivity contribution is 6.07. The van der Waals surface area contributed by atoms with E-state index in [1.54, 1.807) is 18.3 Å². The van der Waals surface area contributed by atoms with Crippen molar-refractivity contribution in [3.8, 4) is 5.75 Å². The Morgan fingerprint density at radius 1 is 1.47 bits per heavy atom. The number of hydrogen-bond acceptors (Lipinski definition) is 4. The number of carboxylic acids is 1. The first-order valence-electron chi connectivity index (χ1n) is 5.24. The Morgan fingerprint density at radius 2 is 2.29 bits per heavy atom. The first-order valence-corrected chi connectivity index (χ1v) is 5.24. The van der Waals surface area contributed by atoms with Crippen LogP contribution < -0.4 is 10.5 Å². The van der Waals surface area contributed by atoms with Crippen LogP contribution in [-0.2, 0) is 6.42 Å². The molecule has 1 aliphatic rings. The number of nitrogen functional groups attached to an aromatic ring is 1. The maximum atomic E-state index is 11.2. The van der Waals surface area contributed by atoms with Gasteiger partial charge in [-0.3, -0.25) is 4.98 Å². The quantitative estimate of drug-likeness (QED) is 0.724. The number of carbonyl (C=O) groups is 1. The second-order valence-corrected chi connectivity index (χ2v) is 3.93. The number of rotatable bonds is 1. The average Bonchev–Trinajstić information content (AvgIpc) is 2.75. The van der Waals surface area contributed by atoms with Crippen LogP contribution in [0, 0.1) is 0 Å². The lowest BCUT2D eigenvalue weighted by Gasteiger charge is -2.07. The van der Waals surface area contributed by atoms with Crippen LogP contribution in [0.3, 0.4) is 0 Å². The van der Waals surface area contributed by atoms with Gasteiger partial charge in [-0.05, 0) is 6.07 Å². The number of carboxylic acid groups (broad SMARTS) is 1. The molecule has 0 spiro atoms. The maximum Gasteiger partial charge on any atom is 0.340 e. The minimum atomic E-state index is -1.06. The monoisotopic (exact) mass is 230 g/mol. The van der Waals surface area contributed by atoms with E-state index >= 15 is 0 Å². The molecule has 5 heteroatoms. The molecule has 1 aromatic heterocycles. The van der Waals surface area contributed by atoms with Gasteiger partial charge in [0.05, 0.1) is 18.3 Å². The molecular weight excluding hydrogens is 220 g/mol. The highest BCUT2D eigenvalue weighted by Gasteiger charge is 2.20. The molecule has 0 saturated carbocycles. The zero-order valence-electron chi connectivity index (χ0n) is 8.93. The van der Waals surface area contributed by atoms with Crippen LogP contribution in [0.1, 0.15) is 15.9 Å². The minimum Gasteiger partial charge on any atom is -0.491 e. The third-order valence-corrected chi connectivity index (χ3v) is 2.97. The number of pyridine rings is 1. The molecule has 2 heterocycles. The molecule has 2 aromatic rings. The highest BCUT2D eigenvalue weighted by atomic mass is 16.5. The van der Waals surface area contributed by atoms with Crippen molar-refractivity contribution >= 4 is 22.6 Å². The average molecular weight is 230 g/mol. The van der Waals surface area contributed by atoms with Gasteiger partial charge in [0.1, 0.15) is 11.3 Å². The summed E-state index contributed by atoms with van der Waals surface area (Å²) in [5.41, 5.74) is 7.42. The summed E-state index contributed by atoms with van der Waals surface area (Å²) in [7, 11) is 0. The van der Waals surface area contributed by atoms with Gasteiger partial charge in [-0.2, -0.15) is 0 Å². The topological polar surface area (TPSA) is 85.4 Å². The second kappa shape index (κ2) is 3.35. The fraction of sp³-hybridized carbons (Fsp3) is 0.167. The molecule has 5 nitrogen and oxygen atoms in total. The lowest BCUT2D eigenvalue weighted by molar-refractivity contribution is 0.0700. The molecule has 1 aromatic carbocycles. The smallest absolute Gasteiger partial charge is 0.340 e. The minimum absolute atomic E-state index is 0.0669. The zero-order chi connectivity index (χ0) is 12.0. The lowest BCUT2D eigenvalue weighted by Crippen LogP contribution is -2.04. The molecule has 0 unspecified atom stereocenters. The summed E-state index contributed by atoms with van der Waals surface area (Å²) in [6.45, 7) is 0.614. The van der Waals surface area contributed by atoms with Gasteiger partial charge in [0.15, 0.2) is 0 Å². The molecule has 1 aliphatic heterocycles. The fourth-order valence-electron chi connectivity index (χ4n) is 2.19. The molecule has 0 saturated heterocycles. The molecule has 17 heavy (non-hydrogen) atoms. The van der Waals surface area contributed by atoms with E-state index in [0.717, 1.165) is 23.1 Å². The number of ether oxygens (including phenoxy) is 1. The molecular formula is C12H10N2O3. The van der Waals surface area contributed by atoms with Gasteiger partial charge >= 0.3 is 5.97 Å². The summed E-state index contributed by atoms with van der Waals surface area (Å²) in [4.78, 5) is 15.3. The van der Waals surface area contributed by atoms with Crippen molar-refractivity contribution < 1.29 is 14.6 Å². The van der Waals surface area contributed by atoms with Crippen LogP contribution in [0.2, 0.25) is 0 Å². The van der Waals surface area contributed by atoms with Crippen molar-refractivity contribution in [1.82, 2.24) is 4.98 Å². The van der Waals surface area contributed by atoms with E-state index in [1.807, 2.05) is 0 Å². The molecule has 0 amide bonds. The fourth-order valence-corrected chi connectivity index (χ4v) is 2.19. The molecule has 0 fully saturated rings. The summed E-state index contributed by atoms with van der Waals surface area (Å²) < 4.78 is 5.40. The van der Waals surface area contributed by atoms with Gasteiger partial charge in [0.25, 0.3) is 0 Å². The van der Waals surface area contributed by atoms with Crippen LogP contribution in [0.5, 0.6) is 5.75 Å². The molecule has 3 rings (SSSR count). The van der Waals surface area contributed by atoms with Crippen molar-refractivity contribution in [1.29, 1.82) is 0 Å². The van der Waals surface area contributed by atoms with Crippen LogP contribution in [0.4, 0.5) is 5.69 Å². The van der Waals surface area contributed by atoms with Crippen molar-refractivity contribution in [3.63, 3.8) is 0 Å². The first kappa shape index (κ1) is 9.89. The number of aromatic carboxylic acids is 1. The Kier molecular flexibility index (Phi) is 1.95. The Labute approximate surface area is 96.8 Å². The van der Waals surface area contributed by atoms with Gasteiger partial charge in [-0.15, -0.1) is 0 Å². The molecule has 0 bridgehead atoms. The predicted octanol–water partition coefficient (Wildman–Crippen LogP) is 1.45. The van der Waals surface area contributed by atoms with Gasteiger partial charge < -0.3 is 15.6 Å². The van der Waals surface area contributed by atoms with E-state index in [9.17, 15) is 4.79 Å². The Balaban J connectivity index is 2.42. The number of anilines is 1. The Hall–Kier alpha value is -2.30. The second-order valence-electron chi connectivity index (χ2n) is 3.93. The normalized spacial score (nSPS) is 13.4. The van der Waals surface area contributed by atoms with E-state index in [4.69, 9.17) is 15.6 Å². The van der Waals surface area contributed by atoms with Gasteiger partial charge in [0.2, 0.25) is 0 Å². The molecule has 86 valence electrons. The van der Waals surface area contributed by atoms with Crippen LogP contribution in [-0.4, -0.2) is 22.7 Å². The Morgan fingerprint density at radius 3 is 3.06 bits per heavy atom. The number of benzene rings is 1. The van der Waals surface area contributed by atoms with E-state index in [1.165, 1.54) is 0 Å². The highest BCUT2D eigenvalue weighted by Crippen LogP contribution is 2.33. The van der Waals surface area contributed by atoms with Crippen molar-refractivity contribution in [2.24, 2.45) is 0 Å². The summed E-state index contributed by atoms with van der Waals surface area (Å²) in [6, 6.07) is 3.41. The Bertz CT molecular complexity index is 637. The molecule has 0 radical (unpaired) electrons. The van der Waals surface area contributed by atoms with Crippen LogP contribution in [0.25, 0.3) is 10.9 Å². The third kappa shape index (κ3) is 1.32. The van der Waals surface area contributed by atoms with Crippen molar-refractivity contribution in [2.75, 3.05) is 12.3 Å². The van der Waals surface area contributed by atoms with E-state index in [2.05, 4.69) is 4.98 Å². The van der Waals surface area contributed by atoms with E-state index in [0.29, 0.717) is 12.1 Å². The van der Waals surface area contributed by atoms with Crippen LogP contribution in [0.15, 0.2) is 18.3 Å². The largest absolute Gasteiger partial charge is 0.491 e. The maximum absolute atomic E-state index is 11.2. The first-order chi connectivity index (χ1) is 8.18. The third-order valence-electron chi connectivity index (χ3n) is 2.97. The summed E-state index contributed by atoms with van der Waals surface area (Å²) in [5.74, 6) is -0.321. The number of hydrogen-bond donors (Lipinski definition) is 2. The number of aromatic nitrogens is 1. The number of fused-ring (bicyclic) bond motifs is 3. The zero-order valence-corrected chi connectivity index (χ0v) is 8.93. The lowest BCUT2D eigenvalue weighted by atomic mass is 10.0. The van der Waals surface area contributed by atoms with Gasteiger partial charge in [-0.25, -0.2) is 4.79 Å².